The second-order valence-electron chi connectivity index (χ2n) is 11.2. The molecule has 2 unspecified atom stereocenters. The van der Waals surface area contributed by atoms with Gasteiger partial charge in [-0.3, -0.25) is 14.3 Å². The Balaban J connectivity index is 1.04. The Morgan fingerprint density at radius 3 is 2.29 bits per heavy atom. The van der Waals surface area contributed by atoms with Gasteiger partial charge in [0.25, 0.3) is 5.91 Å². The summed E-state index contributed by atoms with van der Waals surface area (Å²) in [6, 6.07) is 14.8. The largest absolute Gasteiger partial charge is 0.449 e. The zero-order valence-corrected chi connectivity index (χ0v) is 23.8. The lowest BCUT2D eigenvalue weighted by Gasteiger charge is -2.22. The molecule has 0 radical (unpaired) electrons. The van der Waals surface area contributed by atoms with E-state index >= 15 is 0 Å². The molecule has 1 saturated heterocycles. The summed E-state index contributed by atoms with van der Waals surface area (Å²) >= 11 is 6.36. The fourth-order valence-electron chi connectivity index (χ4n) is 5.96. The molecule has 3 amide bonds. The first-order chi connectivity index (χ1) is 19.6. The zero-order chi connectivity index (χ0) is 28.9. The van der Waals surface area contributed by atoms with E-state index in [0.29, 0.717) is 12.8 Å². The molecule has 0 aromatic heterocycles. The van der Waals surface area contributed by atoms with Crippen molar-refractivity contribution < 1.29 is 27.5 Å². The lowest BCUT2D eigenvalue weighted by molar-refractivity contribution is -0.131. The third kappa shape index (κ3) is 5.22. The maximum absolute atomic E-state index is 13.2. The fourth-order valence-corrected chi connectivity index (χ4v) is 7.66. The normalized spacial score (nSPS) is 26.9. The Morgan fingerprint density at radius 1 is 1.07 bits per heavy atom. The summed E-state index contributed by atoms with van der Waals surface area (Å²) in [5.74, 6) is -1.78. The molecule has 3 fully saturated rings. The SMILES string of the molecule is C=CC1CC1(NC(=O)[C@@H]1C[C@@H](NC(=O)OCC2c3ccccc3-c3ccccc32)CN1Cl)C(=O)NS(=O)(=O)C1CC1. The number of amides is 3. The average Bonchev–Trinajstić information content (AvgIpc) is 3.86. The number of rotatable bonds is 9. The quantitative estimate of drug-likeness (QED) is 0.298. The van der Waals surface area contributed by atoms with Crippen LogP contribution in [0.15, 0.2) is 61.2 Å². The molecular weight excluding hydrogens is 568 g/mol. The van der Waals surface area contributed by atoms with Crippen LogP contribution in [-0.2, 0) is 24.3 Å². The minimum atomic E-state index is -3.78. The van der Waals surface area contributed by atoms with Crippen molar-refractivity contribution in [2.45, 2.75) is 54.5 Å². The first kappa shape index (κ1) is 27.7. The topological polar surface area (TPSA) is 134 Å². The van der Waals surface area contributed by atoms with Crippen LogP contribution in [0.1, 0.15) is 42.7 Å². The highest BCUT2D eigenvalue weighted by molar-refractivity contribution is 7.91. The predicted octanol–water partition coefficient (Wildman–Crippen LogP) is 2.79. The molecule has 4 atom stereocenters. The Morgan fingerprint density at radius 2 is 1.71 bits per heavy atom. The summed E-state index contributed by atoms with van der Waals surface area (Å²) in [6.45, 7) is 4.04. The summed E-state index contributed by atoms with van der Waals surface area (Å²) in [5.41, 5.74) is 3.08. The number of alkyl carbamates (subject to hydrolysis) is 1. The predicted molar refractivity (Wildman–Crippen MR) is 152 cm³/mol. The summed E-state index contributed by atoms with van der Waals surface area (Å²) in [6.07, 6.45) is 2.36. The van der Waals surface area contributed by atoms with E-state index < -0.39 is 56.7 Å². The molecule has 1 heterocycles. The van der Waals surface area contributed by atoms with Gasteiger partial charge in [0, 0.05) is 24.4 Å². The molecule has 2 aromatic carbocycles. The van der Waals surface area contributed by atoms with E-state index in [1.807, 2.05) is 36.4 Å². The first-order valence-corrected chi connectivity index (χ1v) is 15.6. The number of sulfonamides is 1. The number of fused-ring (bicyclic) bond motifs is 3. The number of hydrogen-bond donors (Lipinski definition) is 3. The van der Waals surface area contributed by atoms with Crippen LogP contribution in [0.25, 0.3) is 11.1 Å². The third-order valence-electron chi connectivity index (χ3n) is 8.46. The zero-order valence-electron chi connectivity index (χ0n) is 22.2. The van der Waals surface area contributed by atoms with Crippen LogP contribution in [0.2, 0.25) is 0 Å². The summed E-state index contributed by atoms with van der Waals surface area (Å²) < 4.78 is 33.7. The van der Waals surface area contributed by atoms with E-state index in [1.165, 1.54) is 10.5 Å². The van der Waals surface area contributed by atoms with Gasteiger partial charge in [0.15, 0.2) is 0 Å². The van der Waals surface area contributed by atoms with E-state index in [-0.39, 0.29) is 31.9 Å². The van der Waals surface area contributed by atoms with E-state index in [1.54, 1.807) is 0 Å². The number of halogens is 1. The lowest BCUT2D eigenvalue weighted by atomic mass is 9.98. The highest BCUT2D eigenvalue weighted by Crippen LogP contribution is 2.46. The first-order valence-electron chi connectivity index (χ1n) is 13.7. The van der Waals surface area contributed by atoms with E-state index in [9.17, 15) is 22.8 Å². The molecule has 2 aromatic rings. The Hall–Kier alpha value is -3.41. The summed E-state index contributed by atoms with van der Waals surface area (Å²) in [4.78, 5) is 38.9. The second kappa shape index (κ2) is 10.5. The van der Waals surface area contributed by atoms with Crippen molar-refractivity contribution in [3.63, 3.8) is 0 Å². The number of carbonyl (C=O) groups excluding carboxylic acids is 3. The van der Waals surface area contributed by atoms with Crippen LogP contribution in [0, 0.1) is 5.92 Å². The Bertz CT molecular complexity index is 1480. The minimum absolute atomic E-state index is 0.0813. The van der Waals surface area contributed by atoms with Gasteiger partial charge >= 0.3 is 6.09 Å². The van der Waals surface area contributed by atoms with Crippen molar-refractivity contribution in [1.82, 2.24) is 19.8 Å². The number of hydrogen-bond acceptors (Lipinski definition) is 7. The minimum Gasteiger partial charge on any atom is -0.449 e. The van der Waals surface area contributed by atoms with Crippen molar-refractivity contribution >= 4 is 39.7 Å². The molecule has 4 aliphatic rings. The third-order valence-corrected chi connectivity index (χ3v) is 10.7. The highest BCUT2D eigenvalue weighted by Gasteiger charge is 2.61. The summed E-state index contributed by atoms with van der Waals surface area (Å²) in [5, 5.41) is 4.95. The molecule has 41 heavy (non-hydrogen) atoms. The van der Waals surface area contributed by atoms with Crippen LogP contribution in [0.4, 0.5) is 4.79 Å². The molecule has 2 saturated carbocycles. The van der Waals surface area contributed by atoms with Crippen molar-refractivity contribution in [3.8, 4) is 11.1 Å². The average molecular weight is 599 g/mol. The molecule has 216 valence electrons. The number of carbonyl (C=O) groups is 3. The number of nitrogens with one attached hydrogen (secondary N) is 3. The van der Waals surface area contributed by atoms with Gasteiger partial charge < -0.3 is 15.4 Å². The van der Waals surface area contributed by atoms with E-state index in [2.05, 4.69) is 34.1 Å². The van der Waals surface area contributed by atoms with Crippen LogP contribution in [0.5, 0.6) is 0 Å². The molecule has 3 N–H and O–H groups in total. The second-order valence-corrected chi connectivity index (χ2v) is 13.6. The molecule has 0 spiro atoms. The van der Waals surface area contributed by atoms with Crippen LogP contribution in [0.3, 0.4) is 0 Å². The maximum Gasteiger partial charge on any atom is 0.407 e. The molecule has 6 rings (SSSR count). The molecular formula is C29H31ClN4O6S. The van der Waals surface area contributed by atoms with Gasteiger partial charge in [-0.25, -0.2) is 17.6 Å². The lowest BCUT2D eigenvalue weighted by Crippen LogP contribution is -2.55. The number of benzene rings is 2. The van der Waals surface area contributed by atoms with Crippen LogP contribution in [-0.4, -0.2) is 66.8 Å². The standard InChI is InChI=1S/C29H31ClN4O6S/c1-2-17-14-29(17,27(36)33-41(38,39)19-11-12-19)32-26(35)25-13-18(15-34(25)30)31-28(37)40-16-24-22-9-5-3-7-20(22)21-8-4-6-10-23(21)24/h2-10,17-19,24-25H,1,11-16H2,(H,31,37)(H,32,35)(H,33,36)/t17?,18-,25+,29?/m1/s1. The van der Waals surface area contributed by atoms with Gasteiger partial charge in [-0.15, -0.1) is 6.58 Å². The monoisotopic (exact) mass is 598 g/mol. The van der Waals surface area contributed by atoms with E-state index in [0.717, 1.165) is 22.3 Å². The van der Waals surface area contributed by atoms with Crippen molar-refractivity contribution in [2.24, 2.45) is 5.92 Å². The summed E-state index contributed by atoms with van der Waals surface area (Å²) in [7, 11) is -3.78. The molecule has 10 nitrogen and oxygen atoms in total. The van der Waals surface area contributed by atoms with Crippen LogP contribution >= 0.6 is 11.8 Å². The highest BCUT2D eigenvalue weighted by atomic mass is 35.5. The van der Waals surface area contributed by atoms with E-state index in [4.69, 9.17) is 16.5 Å². The van der Waals surface area contributed by atoms with Gasteiger partial charge in [-0.05, 0) is 59.7 Å². The fraction of sp³-hybridized carbons (Fsp3) is 0.414. The molecule has 0 bridgehead atoms. The van der Waals surface area contributed by atoms with Crippen molar-refractivity contribution in [2.75, 3.05) is 13.2 Å². The van der Waals surface area contributed by atoms with Crippen molar-refractivity contribution in [1.29, 1.82) is 0 Å². The number of nitrogens with zero attached hydrogens (tertiary/aromatic N) is 1. The molecule has 1 aliphatic heterocycles. The number of ether oxygens (including phenoxy) is 1. The van der Waals surface area contributed by atoms with Gasteiger partial charge in [0.1, 0.15) is 18.2 Å². The van der Waals surface area contributed by atoms with Gasteiger partial charge in [0.2, 0.25) is 15.9 Å². The Labute approximate surface area is 243 Å². The van der Waals surface area contributed by atoms with Gasteiger partial charge in [0.05, 0.1) is 5.25 Å². The smallest absolute Gasteiger partial charge is 0.407 e. The molecule has 12 heteroatoms. The van der Waals surface area contributed by atoms with Gasteiger partial charge in [-0.2, -0.15) is 0 Å². The molecule has 3 aliphatic carbocycles. The Kier molecular flexibility index (Phi) is 7.07. The van der Waals surface area contributed by atoms with Gasteiger partial charge in [-0.1, -0.05) is 54.6 Å². The van der Waals surface area contributed by atoms with Crippen molar-refractivity contribution in [3.05, 3.63) is 72.3 Å². The maximum atomic E-state index is 13.2. The van der Waals surface area contributed by atoms with Crippen LogP contribution < -0.4 is 15.4 Å².